The lowest BCUT2D eigenvalue weighted by atomic mass is 9.87. The minimum Gasteiger partial charge on any atom is -0.384 e. The standard InChI is InChI=1S/C15H22BrNO/c1-11(10-18-2)14(9-17-12-7-8-12)13-5-3-4-6-15(13)16/h3-6,11-12,14,17H,7-10H2,1-2H3. The van der Waals surface area contributed by atoms with Crippen molar-refractivity contribution in [1.29, 1.82) is 0 Å². The topological polar surface area (TPSA) is 21.3 Å². The Bertz CT molecular complexity index is 379. The number of methoxy groups -OCH3 is 1. The Morgan fingerprint density at radius 2 is 2.11 bits per heavy atom. The van der Waals surface area contributed by atoms with E-state index in [4.69, 9.17) is 4.74 Å². The van der Waals surface area contributed by atoms with Crippen molar-refractivity contribution < 1.29 is 4.74 Å². The Balaban J connectivity index is 2.08. The minimum absolute atomic E-state index is 0.501. The van der Waals surface area contributed by atoms with Gasteiger partial charge in [0, 0.05) is 36.7 Å². The van der Waals surface area contributed by atoms with Crippen LogP contribution in [0.15, 0.2) is 28.7 Å². The maximum absolute atomic E-state index is 5.33. The van der Waals surface area contributed by atoms with Gasteiger partial charge in [-0.05, 0) is 30.4 Å². The molecule has 1 aliphatic carbocycles. The highest BCUT2D eigenvalue weighted by Crippen LogP contribution is 2.31. The molecule has 0 bridgehead atoms. The summed E-state index contributed by atoms with van der Waals surface area (Å²) in [6.07, 6.45) is 2.67. The number of benzene rings is 1. The van der Waals surface area contributed by atoms with Gasteiger partial charge in [-0.25, -0.2) is 0 Å². The third kappa shape index (κ3) is 3.81. The quantitative estimate of drug-likeness (QED) is 0.831. The van der Waals surface area contributed by atoms with Gasteiger partial charge in [-0.3, -0.25) is 0 Å². The van der Waals surface area contributed by atoms with Gasteiger partial charge in [0.1, 0.15) is 0 Å². The largest absolute Gasteiger partial charge is 0.384 e. The highest BCUT2D eigenvalue weighted by Gasteiger charge is 2.26. The van der Waals surface area contributed by atoms with Crippen LogP contribution in [0.1, 0.15) is 31.2 Å². The van der Waals surface area contributed by atoms with E-state index in [1.807, 2.05) is 0 Å². The van der Waals surface area contributed by atoms with E-state index in [0.29, 0.717) is 11.8 Å². The van der Waals surface area contributed by atoms with E-state index < -0.39 is 0 Å². The lowest BCUT2D eigenvalue weighted by molar-refractivity contribution is 0.145. The molecule has 0 spiro atoms. The fourth-order valence-electron chi connectivity index (χ4n) is 2.35. The summed E-state index contributed by atoms with van der Waals surface area (Å²) < 4.78 is 6.53. The van der Waals surface area contributed by atoms with Crippen molar-refractivity contribution in [3.63, 3.8) is 0 Å². The Morgan fingerprint density at radius 1 is 1.39 bits per heavy atom. The lowest BCUT2D eigenvalue weighted by Gasteiger charge is -2.25. The van der Waals surface area contributed by atoms with Crippen LogP contribution in [0, 0.1) is 5.92 Å². The van der Waals surface area contributed by atoms with E-state index in [1.165, 1.54) is 22.9 Å². The van der Waals surface area contributed by atoms with Crippen molar-refractivity contribution in [2.75, 3.05) is 20.3 Å². The zero-order valence-corrected chi connectivity index (χ0v) is 12.7. The lowest BCUT2D eigenvalue weighted by Crippen LogP contribution is -2.29. The maximum atomic E-state index is 5.33. The van der Waals surface area contributed by atoms with Gasteiger partial charge in [0.2, 0.25) is 0 Å². The molecule has 2 rings (SSSR count). The van der Waals surface area contributed by atoms with Crippen molar-refractivity contribution in [2.24, 2.45) is 5.92 Å². The average molecular weight is 312 g/mol. The molecule has 0 radical (unpaired) electrons. The molecular formula is C15H22BrNO. The third-order valence-corrected chi connectivity index (χ3v) is 4.35. The molecule has 1 saturated carbocycles. The molecule has 0 heterocycles. The first-order chi connectivity index (χ1) is 8.72. The summed E-state index contributed by atoms with van der Waals surface area (Å²) in [7, 11) is 1.78. The predicted molar refractivity (Wildman–Crippen MR) is 78.9 cm³/mol. The number of hydrogen-bond donors (Lipinski definition) is 1. The summed E-state index contributed by atoms with van der Waals surface area (Å²) in [6, 6.07) is 9.28. The summed E-state index contributed by atoms with van der Waals surface area (Å²) in [5.41, 5.74) is 1.38. The predicted octanol–water partition coefficient (Wildman–Crippen LogP) is 3.57. The van der Waals surface area contributed by atoms with Gasteiger partial charge in [0.25, 0.3) is 0 Å². The first-order valence-electron chi connectivity index (χ1n) is 6.69. The maximum Gasteiger partial charge on any atom is 0.0494 e. The van der Waals surface area contributed by atoms with Crippen molar-refractivity contribution in [2.45, 2.75) is 31.7 Å². The third-order valence-electron chi connectivity index (χ3n) is 3.62. The molecule has 0 aromatic heterocycles. The van der Waals surface area contributed by atoms with Crippen LogP contribution in [0.4, 0.5) is 0 Å². The van der Waals surface area contributed by atoms with Crippen LogP contribution in [0.3, 0.4) is 0 Å². The first-order valence-corrected chi connectivity index (χ1v) is 7.48. The molecule has 1 aromatic rings. The number of nitrogens with one attached hydrogen (secondary N) is 1. The second-order valence-corrected chi connectivity index (χ2v) is 6.10. The van der Waals surface area contributed by atoms with E-state index in [9.17, 15) is 0 Å². The number of halogens is 1. The SMILES string of the molecule is COCC(C)C(CNC1CC1)c1ccccc1Br. The van der Waals surface area contributed by atoms with Crippen LogP contribution < -0.4 is 5.32 Å². The Labute approximate surface area is 118 Å². The molecule has 1 fully saturated rings. The van der Waals surface area contributed by atoms with Crippen molar-refractivity contribution >= 4 is 15.9 Å². The molecule has 0 saturated heterocycles. The molecule has 2 nitrogen and oxygen atoms in total. The molecular weight excluding hydrogens is 290 g/mol. The summed E-state index contributed by atoms with van der Waals surface area (Å²) in [6.45, 7) is 4.11. The molecule has 0 aliphatic heterocycles. The van der Waals surface area contributed by atoms with Gasteiger partial charge in [-0.15, -0.1) is 0 Å². The van der Waals surface area contributed by atoms with Crippen LogP contribution in [0.2, 0.25) is 0 Å². The van der Waals surface area contributed by atoms with E-state index in [-0.39, 0.29) is 0 Å². The second kappa shape index (κ2) is 6.69. The summed E-state index contributed by atoms with van der Waals surface area (Å²) in [4.78, 5) is 0. The molecule has 2 atom stereocenters. The van der Waals surface area contributed by atoms with Gasteiger partial charge < -0.3 is 10.1 Å². The average Bonchev–Trinajstić information content (AvgIpc) is 3.16. The molecule has 2 unspecified atom stereocenters. The smallest absolute Gasteiger partial charge is 0.0494 e. The Hall–Kier alpha value is -0.380. The van der Waals surface area contributed by atoms with Gasteiger partial charge in [-0.2, -0.15) is 0 Å². The van der Waals surface area contributed by atoms with Crippen molar-refractivity contribution in [1.82, 2.24) is 5.32 Å². The summed E-state index contributed by atoms with van der Waals surface area (Å²) >= 11 is 3.67. The fourth-order valence-corrected chi connectivity index (χ4v) is 2.93. The zero-order chi connectivity index (χ0) is 13.0. The highest BCUT2D eigenvalue weighted by molar-refractivity contribution is 9.10. The van der Waals surface area contributed by atoms with Crippen LogP contribution in [-0.4, -0.2) is 26.3 Å². The van der Waals surface area contributed by atoms with Crippen LogP contribution >= 0.6 is 15.9 Å². The van der Waals surface area contributed by atoms with Gasteiger partial charge in [-0.1, -0.05) is 41.1 Å². The van der Waals surface area contributed by atoms with Crippen LogP contribution in [0.5, 0.6) is 0 Å². The molecule has 3 heteroatoms. The normalized spacial score (nSPS) is 18.6. The van der Waals surface area contributed by atoms with Crippen molar-refractivity contribution in [3.05, 3.63) is 34.3 Å². The number of hydrogen-bond acceptors (Lipinski definition) is 2. The molecule has 0 amide bonds. The van der Waals surface area contributed by atoms with E-state index in [2.05, 4.69) is 52.4 Å². The van der Waals surface area contributed by atoms with E-state index >= 15 is 0 Å². The minimum atomic E-state index is 0.501. The fraction of sp³-hybridized carbons (Fsp3) is 0.600. The number of ether oxygens (including phenoxy) is 1. The zero-order valence-electron chi connectivity index (χ0n) is 11.2. The molecule has 18 heavy (non-hydrogen) atoms. The van der Waals surface area contributed by atoms with Crippen LogP contribution in [-0.2, 0) is 4.74 Å². The summed E-state index contributed by atoms with van der Waals surface area (Å²) in [5.74, 6) is 1.01. The Morgan fingerprint density at radius 3 is 2.72 bits per heavy atom. The number of rotatable bonds is 7. The van der Waals surface area contributed by atoms with Crippen molar-refractivity contribution in [3.8, 4) is 0 Å². The molecule has 1 aliphatic rings. The van der Waals surface area contributed by atoms with Crippen LogP contribution in [0.25, 0.3) is 0 Å². The van der Waals surface area contributed by atoms with E-state index in [0.717, 1.165) is 19.2 Å². The first kappa shape index (κ1) is 14.0. The van der Waals surface area contributed by atoms with Gasteiger partial charge in [0.05, 0.1) is 0 Å². The van der Waals surface area contributed by atoms with Gasteiger partial charge >= 0.3 is 0 Å². The highest BCUT2D eigenvalue weighted by atomic mass is 79.9. The second-order valence-electron chi connectivity index (χ2n) is 5.24. The monoisotopic (exact) mass is 311 g/mol. The molecule has 1 aromatic carbocycles. The Kier molecular flexibility index (Phi) is 5.22. The van der Waals surface area contributed by atoms with E-state index in [1.54, 1.807) is 7.11 Å². The summed E-state index contributed by atoms with van der Waals surface area (Å²) in [5, 5.41) is 3.65. The van der Waals surface area contributed by atoms with Gasteiger partial charge in [0.15, 0.2) is 0 Å². The molecule has 100 valence electrons. The molecule has 1 N–H and O–H groups in total.